The summed E-state index contributed by atoms with van der Waals surface area (Å²) < 4.78 is 0.366. The molecule has 0 saturated heterocycles. The molecule has 50 valence electrons. The molecule has 2 aliphatic carbocycles. The van der Waals surface area contributed by atoms with Gasteiger partial charge in [0.15, 0.2) is 0 Å². The van der Waals surface area contributed by atoms with Crippen molar-refractivity contribution in [3.63, 3.8) is 0 Å². The Bertz CT molecular complexity index is 155. The van der Waals surface area contributed by atoms with E-state index in [1.165, 1.54) is 31.2 Å². The summed E-state index contributed by atoms with van der Waals surface area (Å²) in [7, 11) is 0. The third-order valence-corrected chi connectivity index (χ3v) is 3.43. The van der Waals surface area contributed by atoms with E-state index in [0.29, 0.717) is 4.75 Å². The molecule has 2 bridgehead atoms. The van der Waals surface area contributed by atoms with Crippen LogP contribution in [0.4, 0.5) is 0 Å². The van der Waals surface area contributed by atoms with Gasteiger partial charge in [-0.3, -0.25) is 5.14 Å². The normalized spacial score (nSPS) is 46.6. The van der Waals surface area contributed by atoms with Crippen molar-refractivity contribution in [1.29, 1.82) is 0 Å². The third kappa shape index (κ3) is 0.733. The summed E-state index contributed by atoms with van der Waals surface area (Å²) in [5.74, 6) is 0.862. The monoisotopic (exact) mass is 141 g/mol. The lowest BCUT2D eigenvalue weighted by Crippen LogP contribution is -2.16. The number of fused-ring (bicyclic) bond motifs is 2. The third-order valence-electron chi connectivity index (χ3n) is 2.45. The number of rotatable bonds is 1. The smallest absolute Gasteiger partial charge is 0.0487 e. The molecule has 1 fully saturated rings. The van der Waals surface area contributed by atoms with Gasteiger partial charge in [-0.15, -0.1) is 0 Å². The van der Waals surface area contributed by atoms with Crippen LogP contribution in [0, 0.1) is 5.92 Å². The predicted molar refractivity (Wildman–Crippen MR) is 41.0 cm³/mol. The molecule has 0 aromatic heterocycles. The Morgan fingerprint density at radius 2 is 2.56 bits per heavy atom. The molecular formula is C7H11NS. The van der Waals surface area contributed by atoms with Crippen LogP contribution in [0.1, 0.15) is 19.3 Å². The highest BCUT2D eigenvalue weighted by Crippen LogP contribution is 2.48. The van der Waals surface area contributed by atoms with Gasteiger partial charge in [-0.1, -0.05) is 24.1 Å². The maximum Gasteiger partial charge on any atom is 0.0487 e. The summed E-state index contributed by atoms with van der Waals surface area (Å²) in [6.07, 6.45) is 8.58. The van der Waals surface area contributed by atoms with Crippen molar-refractivity contribution in [1.82, 2.24) is 0 Å². The Kier molecular flexibility index (Phi) is 1.14. The van der Waals surface area contributed by atoms with Crippen molar-refractivity contribution in [2.24, 2.45) is 11.1 Å². The van der Waals surface area contributed by atoms with E-state index in [4.69, 9.17) is 5.14 Å². The second kappa shape index (κ2) is 1.77. The van der Waals surface area contributed by atoms with E-state index in [-0.39, 0.29) is 0 Å². The van der Waals surface area contributed by atoms with E-state index in [9.17, 15) is 0 Å². The molecule has 2 N–H and O–H groups in total. The van der Waals surface area contributed by atoms with Crippen LogP contribution in [0.2, 0.25) is 0 Å². The van der Waals surface area contributed by atoms with Gasteiger partial charge < -0.3 is 0 Å². The molecule has 2 rings (SSSR count). The Morgan fingerprint density at radius 1 is 1.67 bits per heavy atom. The highest BCUT2D eigenvalue weighted by Gasteiger charge is 2.40. The molecule has 9 heavy (non-hydrogen) atoms. The molecule has 1 nitrogen and oxygen atoms in total. The lowest BCUT2D eigenvalue weighted by molar-refractivity contribution is 0.699. The topological polar surface area (TPSA) is 26.0 Å². The molecule has 0 heterocycles. The van der Waals surface area contributed by atoms with Gasteiger partial charge in [0.05, 0.1) is 0 Å². The van der Waals surface area contributed by atoms with Gasteiger partial charge in [-0.2, -0.15) is 0 Å². The first kappa shape index (κ1) is 5.81. The Morgan fingerprint density at radius 3 is 2.78 bits per heavy atom. The molecule has 0 spiro atoms. The zero-order valence-electron chi connectivity index (χ0n) is 5.34. The fourth-order valence-corrected chi connectivity index (χ4v) is 2.55. The average Bonchev–Trinajstić information content (AvgIpc) is 2.46. The molecule has 0 aromatic carbocycles. The van der Waals surface area contributed by atoms with Crippen molar-refractivity contribution in [3.8, 4) is 0 Å². The molecule has 0 radical (unpaired) electrons. The van der Waals surface area contributed by atoms with Crippen LogP contribution >= 0.6 is 11.9 Å². The van der Waals surface area contributed by atoms with Gasteiger partial charge in [0.2, 0.25) is 0 Å². The lowest BCUT2D eigenvalue weighted by atomic mass is 10.1. The lowest BCUT2D eigenvalue weighted by Gasteiger charge is -2.18. The molecule has 0 aromatic rings. The number of allylic oxidation sites excluding steroid dienone is 1. The maximum absolute atomic E-state index is 5.57. The number of hydrogen-bond donors (Lipinski definition) is 1. The van der Waals surface area contributed by atoms with Crippen LogP contribution in [-0.4, -0.2) is 4.75 Å². The molecule has 2 aliphatic rings. The molecule has 2 atom stereocenters. The molecule has 0 aliphatic heterocycles. The first-order valence-electron chi connectivity index (χ1n) is 3.42. The number of nitrogens with two attached hydrogens (primary N) is 1. The van der Waals surface area contributed by atoms with Crippen LogP contribution < -0.4 is 5.14 Å². The standard InChI is InChI=1S/C7H11NS/c8-9-7-3-1-6(5-7)2-4-7/h1,3,6H,2,4-5,8H2. The Balaban J connectivity index is 2.23. The SMILES string of the molecule is NSC12C=CC(CC1)C2. The van der Waals surface area contributed by atoms with Gasteiger partial charge in [0.25, 0.3) is 0 Å². The van der Waals surface area contributed by atoms with Crippen LogP contribution in [0.15, 0.2) is 12.2 Å². The van der Waals surface area contributed by atoms with E-state index in [1.54, 1.807) is 0 Å². The molecule has 1 saturated carbocycles. The maximum atomic E-state index is 5.57. The van der Waals surface area contributed by atoms with Crippen molar-refractivity contribution in [2.75, 3.05) is 0 Å². The van der Waals surface area contributed by atoms with Gasteiger partial charge in [-0.05, 0) is 25.2 Å². The van der Waals surface area contributed by atoms with E-state index in [1.807, 2.05) is 0 Å². The van der Waals surface area contributed by atoms with Gasteiger partial charge >= 0.3 is 0 Å². The van der Waals surface area contributed by atoms with Gasteiger partial charge in [0.1, 0.15) is 0 Å². The summed E-state index contributed by atoms with van der Waals surface area (Å²) in [5, 5.41) is 5.57. The average molecular weight is 141 g/mol. The summed E-state index contributed by atoms with van der Waals surface area (Å²) in [4.78, 5) is 0. The minimum atomic E-state index is 0.366. The summed E-state index contributed by atoms with van der Waals surface area (Å²) >= 11 is 1.53. The fourth-order valence-electron chi connectivity index (χ4n) is 1.85. The van der Waals surface area contributed by atoms with Gasteiger partial charge in [0, 0.05) is 4.75 Å². The van der Waals surface area contributed by atoms with Crippen LogP contribution in [0.25, 0.3) is 0 Å². The van der Waals surface area contributed by atoms with E-state index >= 15 is 0 Å². The van der Waals surface area contributed by atoms with Gasteiger partial charge in [-0.25, -0.2) is 0 Å². The summed E-state index contributed by atoms with van der Waals surface area (Å²) in [5.41, 5.74) is 0. The van der Waals surface area contributed by atoms with Crippen molar-refractivity contribution in [3.05, 3.63) is 12.2 Å². The first-order chi connectivity index (χ1) is 4.35. The van der Waals surface area contributed by atoms with E-state index < -0.39 is 0 Å². The van der Waals surface area contributed by atoms with E-state index in [0.717, 1.165) is 5.92 Å². The second-order valence-corrected chi connectivity index (χ2v) is 4.09. The highest BCUT2D eigenvalue weighted by molar-refractivity contribution is 7.98. The summed E-state index contributed by atoms with van der Waals surface area (Å²) in [6, 6.07) is 0. The van der Waals surface area contributed by atoms with Crippen molar-refractivity contribution < 1.29 is 0 Å². The minimum Gasteiger partial charge on any atom is -0.277 e. The predicted octanol–water partition coefficient (Wildman–Crippen LogP) is 1.70. The quantitative estimate of drug-likeness (QED) is 0.444. The zero-order valence-corrected chi connectivity index (χ0v) is 6.16. The summed E-state index contributed by atoms with van der Waals surface area (Å²) in [6.45, 7) is 0. The molecular weight excluding hydrogens is 130 g/mol. The Hall–Kier alpha value is 0.0500. The number of hydrogen-bond acceptors (Lipinski definition) is 2. The fraction of sp³-hybridized carbons (Fsp3) is 0.714. The second-order valence-electron chi connectivity index (χ2n) is 3.04. The zero-order chi connectivity index (χ0) is 6.32. The van der Waals surface area contributed by atoms with Crippen LogP contribution in [0.5, 0.6) is 0 Å². The largest absolute Gasteiger partial charge is 0.277 e. The van der Waals surface area contributed by atoms with Crippen LogP contribution in [-0.2, 0) is 0 Å². The molecule has 2 unspecified atom stereocenters. The minimum absolute atomic E-state index is 0.366. The van der Waals surface area contributed by atoms with Crippen molar-refractivity contribution >= 4 is 11.9 Å². The molecule has 0 amide bonds. The highest BCUT2D eigenvalue weighted by atomic mass is 32.2. The van der Waals surface area contributed by atoms with Crippen LogP contribution in [0.3, 0.4) is 0 Å². The van der Waals surface area contributed by atoms with E-state index in [2.05, 4.69) is 12.2 Å². The molecule has 2 heteroatoms. The van der Waals surface area contributed by atoms with Crippen molar-refractivity contribution in [2.45, 2.75) is 24.0 Å². The Labute approximate surface area is 59.8 Å². The first-order valence-corrected chi connectivity index (χ1v) is 4.30.